The van der Waals surface area contributed by atoms with Crippen molar-refractivity contribution in [3.63, 3.8) is 0 Å². The first-order chi connectivity index (χ1) is 9.06. The lowest BCUT2D eigenvalue weighted by Crippen LogP contribution is -2.22. The molecule has 0 atom stereocenters. The molecule has 1 aromatic carbocycles. The fourth-order valence-corrected chi connectivity index (χ4v) is 1.87. The molecule has 0 bridgehead atoms. The average molecular weight is 258 g/mol. The third kappa shape index (κ3) is 3.61. The molecule has 19 heavy (non-hydrogen) atoms. The normalized spacial score (nSPS) is 11.0. The summed E-state index contributed by atoms with van der Waals surface area (Å²) in [6, 6.07) is 10.9. The van der Waals surface area contributed by atoms with E-state index in [1.807, 2.05) is 13.0 Å². The van der Waals surface area contributed by atoms with Crippen molar-refractivity contribution >= 4 is 0 Å². The van der Waals surface area contributed by atoms with Gasteiger partial charge < -0.3 is 5.32 Å². The molecule has 0 saturated carbocycles. The van der Waals surface area contributed by atoms with Gasteiger partial charge in [0.15, 0.2) is 0 Å². The van der Waals surface area contributed by atoms with Crippen LogP contribution in [0.1, 0.15) is 25.1 Å². The second-order valence-electron chi connectivity index (χ2n) is 4.98. The maximum absolute atomic E-state index is 12.9. The Balaban J connectivity index is 2.21. The van der Waals surface area contributed by atoms with Crippen LogP contribution < -0.4 is 5.32 Å². The number of halogens is 1. The molecule has 0 aliphatic heterocycles. The molecule has 0 spiro atoms. The summed E-state index contributed by atoms with van der Waals surface area (Å²) in [5.41, 5.74) is 4.02. The van der Waals surface area contributed by atoms with Crippen LogP contribution in [0.25, 0.3) is 11.3 Å². The third-order valence-electron chi connectivity index (χ3n) is 3.04. The molecular weight excluding hydrogens is 239 g/mol. The minimum absolute atomic E-state index is 0.224. The van der Waals surface area contributed by atoms with E-state index < -0.39 is 0 Å². The number of aromatic nitrogens is 1. The summed E-state index contributed by atoms with van der Waals surface area (Å²) < 4.78 is 12.9. The van der Waals surface area contributed by atoms with E-state index in [-0.39, 0.29) is 5.82 Å². The molecule has 3 heteroatoms. The van der Waals surface area contributed by atoms with Gasteiger partial charge in [-0.25, -0.2) is 4.39 Å². The number of aryl methyl sites for hydroxylation is 1. The van der Waals surface area contributed by atoms with Crippen LogP contribution in [-0.4, -0.2) is 11.0 Å². The van der Waals surface area contributed by atoms with Gasteiger partial charge >= 0.3 is 0 Å². The molecule has 0 radical (unpaired) electrons. The molecule has 0 unspecified atom stereocenters. The summed E-state index contributed by atoms with van der Waals surface area (Å²) in [5, 5.41) is 3.38. The highest BCUT2D eigenvalue weighted by molar-refractivity contribution is 5.59. The van der Waals surface area contributed by atoms with Gasteiger partial charge in [-0.2, -0.15) is 0 Å². The number of benzene rings is 1. The maximum Gasteiger partial charge on any atom is 0.123 e. The first kappa shape index (κ1) is 13.7. The molecule has 0 saturated heterocycles. The van der Waals surface area contributed by atoms with E-state index in [0.717, 1.165) is 23.5 Å². The Kier molecular flexibility index (Phi) is 4.27. The zero-order valence-corrected chi connectivity index (χ0v) is 11.6. The average Bonchev–Trinajstić information content (AvgIpc) is 2.38. The van der Waals surface area contributed by atoms with Crippen LogP contribution in [0.2, 0.25) is 0 Å². The second kappa shape index (κ2) is 5.93. The molecule has 1 heterocycles. The largest absolute Gasteiger partial charge is 0.310 e. The first-order valence-electron chi connectivity index (χ1n) is 6.52. The monoisotopic (exact) mass is 258 g/mol. The van der Waals surface area contributed by atoms with Crippen molar-refractivity contribution in [2.24, 2.45) is 0 Å². The number of rotatable bonds is 4. The van der Waals surface area contributed by atoms with Crippen LogP contribution in [-0.2, 0) is 6.54 Å². The van der Waals surface area contributed by atoms with Crippen LogP contribution in [0.3, 0.4) is 0 Å². The first-order valence-corrected chi connectivity index (χ1v) is 6.52. The summed E-state index contributed by atoms with van der Waals surface area (Å²) in [7, 11) is 0. The van der Waals surface area contributed by atoms with Gasteiger partial charge in [0.1, 0.15) is 5.82 Å². The Morgan fingerprint density at radius 1 is 1.11 bits per heavy atom. The van der Waals surface area contributed by atoms with Crippen LogP contribution in [0, 0.1) is 12.7 Å². The van der Waals surface area contributed by atoms with Crippen molar-refractivity contribution in [2.75, 3.05) is 0 Å². The van der Waals surface area contributed by atoms with E-state index in [9.17, 15) is 4.39 Å². The summed E-state index contributed by atoms with van der Waals surface area (Å²) in [4.78, 5) is 4.59. The Hall–Kier alpha value is -1.74. The number of hydrogen-bond acceptors (Lipinski definition) is 2. The molecule has 0 aliphatic rings. The Morgan fingerprint density at radius 3 is 2.37 bits per heavy atom. The van der Waals surface area contributed by atoms with E-state index in [1.54, 1.807) is 12.1 Å². The van der Waals surface area contributed by atoms with Crippen molar-refractivity contribution in [1.82, 2.24) is 10.3 Å². The van der Waals surface area contributed by atoms with Gasteiger partial charge in [-0.05, 0) is 42.8 Å². The standard InChI is InChI=1S/C16H19FN2/c1-11(2)18-10-14-6-9-16(19-12(14)3)13-4-7-15(17)8-5-13/h4-9,11,18H,10H2,1-3H3. The molecule has 2 aromatic rings. The van der Waals surface area contributed by atoms with Gasteiger partial charge in [0.25, 0.3) is 0 Å². The summed E-state index contributed by atoms with van der Waals surface area (Å²) in [6.07, 6.45) is 0. The van der Waals surface area contributed by atoms with Crippen LogP contribution in [0.4, 0.5) is 4.39 Å². The van der Waals surface area contributed by atoms with Gasteiger partial charge in [0.2, 0.25) is 0 Å². The lowest BCUT2D eigenvalue weighted by Gasteiger charge is -2.11. The van der Waals surface area contributed by atoms with E-state index in [0.29, 0.717) is 6.04 Å². The molecule has 2 rings (SSSR count). The van der Waals surface area contributed by atoms with E-state index in [2.05, 4.69) is 30.2 Å². The van der Waals surface area contributed by atoms with Crippen LogP contribution in [0.5, 0.6) is 0 Å². The lowest BCUT2D eigenvalue weighted by molar-refractivity contribution is 0.586. The van der Waals surface area contributed by atoms with Crippen molar-refractivity contribution in [2.45, 2.75) is 33.4 Å². The topological polar surface area (TPSA) is 24.9 Å². The third-order valence-corrected chi connectivity index (χ3v) is 3.04. The van der Waals surface area contributed by atoms with Gasteiger partial charge in [-0.1, -0.05) is 19.9 Å². The summed E-state index contributed by atoms with van der Waals surface area (Å²) in [6.45, 7) is 7.07. The van der Waals surface area contributed by atoms with Gasteiger partial charge in [0, 0.05) is 23.8 Å². The highest BCUT2D eigenvalue weighted by atomic mass is 19.1. The van der Waals surface area contributed by atoms with Crippen molar-refractivity contribution in [1.29, 1.82) is 0 Å². The van der Waals surface area contributed by atoms with E-state index in [1.165, 1.54) is 17.7 Å². The number of nitrogens with zero attached hydrogens (tertiary/aromatic N) is 1. The molecule has 2 nitrogen and oxygen atoms in total. The Bertz CT molecular complexity index is 547. The minimum Gasteiger partial charge on any atom is -0.310 e. The fraction of sp³-hybridized carbons (Fsp3) is 0.312. The van der Waals surface area contributed by atoms with E-state index in [4.69, 9.17) is 0 Å². The van der Waals surface area contributed by atoms with Crippen molar-refractivity contribution in [3.05, 3.63) is 53.5 Å². The molecule has 0 fully saturated rings. The molecule has 0 aliphatic carbocycles. The molecule has 1 N–H and O–H groups in total. The van der Waals surface area contributed by atoms with Crippen molar-refractivity contribution < 1.29 is 4.39 Å². The smallest absolute Gasteiger partial charge is 0.123 e. The zero-order chi connectivity index (χ0) is 13.8. The van der Waals surface area contributed by atoms with Gasteiger partial charge in [-0.15, -0.1) is 0 Å². The summed E-state index contributed by atoms with van der Waals surface area (Å²) in [5.74, 6) is -0.224. The second-order valence-corrected chi connectivity index (χ2v) is 4.98. The molecular formula is C16H19FN2. The zero-order valence-electron chi connectivity index (χ0n) is 11.6. The predicted molar refractivity (Wildman–Crippen MR) is 76.3 cm³/mol. The fourth-order valence-electron chi connectivity index (χ4n) is 1.87. The lowest BCUT2D eigenvalue weighted by atomic mass is 10.1. The number of hydrogen-bond donors (Lipinski definition) is 1. The van der Waals surface area contributed by atoms with E-state index >= 15 is 0 Å². The predicted octanol–water partition coefficient (Wildman–Crippen LogP) is 3.69. The minimum atomic E-state index is -0.224. The van der Waals surface area contributed by atoms with Crippen LogP contribution in [0.15, 0.2) is 36.4 Å². The van der Waals surface area contributed by atoms with Crippen LogP contribution >= 0.6 is 0 Å². The Labute approximate surface area is 113 Å². The highest BCUT2D eigenvalue weighted by Crippen LogP contribution is 2.19. The molecule has 100 valence electrons. The highest BCUT2D eigenvalue weighted by Gasteiger charge is 2.04. The van der Waals surface area contributed by atoms with Gasteiger partial charge in [0.05, 0.1) is 5.69 Å². The molecule has 0 amide bonds. The van der Waals surface area contributed by atoms with Gasteiger partial charge in [-0.3, -0.25) is 4.98 Å². The Morgan fingerprint density at radius 2 is 1.79 bits per heavy atom. The maximum atomic E-state index is 12.9. The number of nitrogens with one attached hydrogen (secondary N) is 1. The number of pyridine rings is 1. The van der Waals surface area contributed by atoms with Crippen molar-refractivity contribution in [3.8, 4) is 11.3 Å². The quantitative estimate of drug-likeness (QED) is 0.904. The SMILES string of the molecule is Cc1nc(-c2ccc(F)cc2)ccc1CNC(C)C. The summed E-state index contributed by atoms with van der Waals surface area (Å²) >= 11 is 0. The molecule has 1 aromatic heterocycles.